The highest BCUT2D eigenvalue weighted by molar-refractivity contribution is 14.1. The SMILES string of the molecule is O=c1c(I)cc2c(-c3ccccc3Cl)nc(Br)cc2n1-c1c(Cl)cccc1Cl. The van der Waals surface area contributed by atoms with Crippen LogP contribution >= 0.6 is 73.3 Å². The minimum absolute atomic E-state index is 0.216. The fourth-order valence-electron chi connectivity index (χ4n) is 3.03. The van der Waals surface area contributed by atoms with Crippen LogP contribution in [-0.2, 0) is 0 Å². The molecule has 0 aliphatic carbocycles. The monoisotopic (exact) mass is 604 g/mol. The minimum Gasteiger partial charge on any atom is -0.273 e. The average molecular weight is 606 g/mol. The van der Waals surface area contributed by atoms with E-state index in [9.17, 15) is 4.79 Å². The summed E-state index contributed by atoms with van der Waals surface area (Å²) >= 11 is 24.7. The zero-order valence-corrected chi connectivity index (χ0v) is 19.9. The van der Waals surface area contributed by atoms with Gasteiger partial charge >= 0.3 is 0 Å². The Bertz CT molecular complexity index is 1290. The highest BCUT2D eigenvalue weighted by atomic mass is 127. The third-order valence-corrected chi connectivity index (χ3v) is 6.33. The van der Waals surface area contributed by atoms with E-state index in [1.165, 1.54) is 4.57 Å². The lowest BCUT2D eigenvalue weighted by molar-refractivity contribution is 1.03. The first-order chi connectivity index (χ1) is 13.4. The van der Waals surface area contributed by atoms with Crippen LogP contribution in [-0.4, -0.2) is 9.55 Å². The number of nitrogens with zero attached hydrogens (tertiary/aromatic N) is 2. The van der Waals surface area contributed by atoms with Crippen molar-refractivity contribution in [3.05, 3.63) is 88.2 Å². The second kappa shape index (κ2) is 7.95. The summed E-state index contributed by atoms with van der Waals surface area (Å²) in [6.07, 6.45) is 0. The number of fused-ring (bicyclic) bond motifs is 1. The molecule has 4 aromatic rings. The van der Waals surface area contributed by atoms with Gasteiger partial charge < -0.3 is 0 Å². The summed E-state index contributed by atoms with van der Waals surface area (Å²) in [5.41, 5.74) is 2.26. The Morgan fingerprint density at radius 2 is 1.57 bits per heavy atom. The van der Waals surface area contributed by atoms with E-state index in [1.807, 2.05) is 40.8 Å². The standard InChI is InChI=1S/C20H9BrCl3IN2O/c21-17-9-16-11(18(26-17)10-4-1-2-5-12(10)22)8-15(25)20(28)27(16)19-13(23)6-3-7-14(19)24/h1-9H. The molecule has 0 atom stereocenters. The van der Waals surface area contributed by atoms with Crippen LogP contribution in [0.3, 0.4) is 0 Å². The topological polar surface area (TPSA) is 34.9 Å². The Balaban J connectivity index is 2.21. The second-order valence-corrected chi connectivity index (χ2v) is 9.11. The van der Waals surface area contributed by atoms with Gasteiger partial charge in [-0.25, -0.2) is 4.98 Å². The van der Waals surface area contributed by atoms with Crippen LogP contribution in [0.2, 0.25) is 15.1 Å². The van der Waals surface area contributed by atoms with Gasteiger partial charge in [0.2, 0.25) is 0 Å². The molecule has 0 fully saturated rings. The summed E-state index contributed by atoms with van der Waals surface area (Å²) in [5.74, 6) is 0. The molecule has 2 aromatic carbocycles. The number of aromatic nitrogens is 2. The van der Waals surface area contributed by atoms with Crippen molar-refractivity contribution in [3.63, 3.8) is 0 Å². The lowest BCUT2D eigenvalue weighted by Crippen LogP contribution is -2.22. The van der Waals surface area contributed by atoms with Crippen molar-refractivity contribution in [1.29, 1.82) is 0 Å². The van der Waals surface area contributed by atoms with Crippen molar-refractivity contribution in [1.82, 2.24) is 9.55 Å². The molecule has 0 aliphatic rings. The number of para-hydroxylation sites is 1. The summed E-state index contributed by atoms with van der Waals surface area (Å²) in [5, 5.41) is 2.09. The average Bonchev–Trinajstić information content (AvgIpc) is 2.65. The van der Waals surface area contributed by atoms with Crippen LogP contribution in [0.25, 0.3) is 27.8 Å². The van der Waals surface area contributed by atoms with Crippen LogP contribution in [0.1, 0.15) is 0 Å². The maximum Gasteiger partial charge on any atom is 0.269 e. The Morgan fingerprint density at radius 3 is 2.25 bits per heavy atom. The maximum absolute atomic E-state index is 13.1. The quantitative estimate of drug-likeness (QED) is 0.176. The lowest BCUT2D eigenvalue weighted by Gasteiger charge is -2.16. The van der Waals surface area contributed by atoms with E-state index < -0.39 is 0 Å². The third-order valence-electron chi connectivity index (χ3n) is 4.22. The predicted molar refractivity (Wildman–Crippen MR) is 128 cm³/mol. The zero-order chi connectivity index (χ0) is 20.0. The molecule has 28 heavy (non-hydrogen) atoms. The Kier molecular flexibility index (Phi) is 5.73. The van der Waals surface area contributed by atoms with Gasteiger partial charge in [0, 0.05) is 16.0 Å². The first-order valence-electron chi connectivity index (χ1n) is 7.99. The molecule has 2 aromatic heterocycles. The summed E-state index contributed by atoms with van der Waals surface area (Å²) in [6.45, 7) is 0. The number of rotatable bonds is 2. The Hall–Kier alpha value is -1.12. The molecule has 0 unspecified atom stereocenters. The van der Waals surface area contributed by atoms with Crippen molar-refractivity contribution in [3.8, 4) is 16.9 Å². The van der Waals surface area contributed by atoms with Crippen LogP contribution in [0.15, 0.2) is 64.0 Å². The van der Waals surface area contributed by atoms with Gasteiger partial charge in [0.1, 0.15) is 4.60 Å². The van der Waals surface area contributed by atoms with E-state index >= 15 is 0 Å². The number of halogens is 5. The first-order valence-corrected chi connectivity index (χ1v) is 11.0. The van der Waals surface area contributed by atoms with Crippen molar-refractivity contribution >= 4 is 84.2 Å². The van der Waals surface area contributed by atoms with Gasteiger partial charge in [-0.05, 0) is 68.9 Å². The van der Waals surface area contributed by atoms with Crippen LogP contribution in [0.5, 0.6) is 0 Å². The molecule has 0 bridgehead atoms. The molecule has 0 N–H and O–H groups in total. The fraction of sp³-hybridized carbons (Fsp3) is 0. The molecule has 8 heteroatoms. The van der Waals surface area contributed by atoms with Gasteiger partial charge in [-0.15, -0.1) is 0 Å². The highest BCUT2D eigenvalue weighted by Crippen LogP contribution is 2.36. The maximum atomic E-state index is 13.1. The molecule has 0 radical (unpaired) electrons. The van der Waals surface area contributed by atoms with E-state index in [0.29, 0.717) is 40.1 Å². The number of pyridine rings is 2. The normalized spacial score (nSPS) is 11.2. The molecule has 2 heterocycles. The highest BCUT2D eigenvalue weighted by Gasteiger charge is 2.19. The summed E-state index contributed by atoms with van der Waals surface area (Å²) in [7, 11) is 0. The molecular weight excluding hydrogens is 597 g/mol. The van der Waals surface area contributed by atoms with Gasteiger partial charge in [0.05, 0.1) is 30.5 Å². The number of hydrogen-bond donors (Lipinski definition) is 0. The van der Waals surface area contributed by atoms with E-state index in [0.717, 1.165) is 10.9 Å². The summed E-state index contributed by atoms with van der Waals surface area (Å²) in [6, 6.07) is 16.2. The molecular formula is C20H9BrCl3IN2O. The summed E-state index contributed by atoms with van der Waals surface area (Å²) < 4.78 is 2.60. The molecule has 0 saturated heterocycles. The van der Waals surface area contributed by atoms with Crippen molar-refractivity contribution in [2.75, 3.05) is 0 Å². The molecule has 0 spiro atoms. The van der Waals surface area contributed by atoms with E-state index in [-0.39, 0.29) is 5.56 Å². The molecule has 4 rings (SSSR count). The third kappa shape index (κ3) is 3.48. The first kappa shape index (κ1) is 20.2. The van der Waals surface area contributed by atoms with Crippen LogP contribution in [0, 0.1) is 3.57 Å². The Morgan fingerprint density at radius 1 is 0.929 bits per heavy atom. The smallest absolute Gasteiger partial charge is 0.269 e. The predicted octanol–water partition coefficient (Wildman–Crippen LogP) is 7.38. The molecule has 0 aliphatic heterocycles. The van der Waals surface area contributed by atoms with Gasteiger partial charge in [0.15, 0.2) is 0 Å². The van der Waals surface area contributed by atoms with E-state index in [4.69, 9.17) is 34.8 Å². The van der Waals surface area contributed by atoms with E-state index in [2.05, 4.69) is 20.9 Å². The number of hydrogen-bond acceptors (Lipinski definition) is 2. The number of benzene rings is 2. The van der Waals surface area contributed by atoms with Crippen LogP contribution < -0.4 is 5.56 Å². The van der Waals surface area contributed by atoms with Crippen molar-refractivity contribution in [2.45, 2.75) is 0 Å². The summed E-state index contributed by atoms with van der Waals surface area (Å²) in [4.78, 5) is 17.7. The van der Waals surface area contributed by atoms with Gasteiger partial charge in [-0.3, -0.25) is 9.36 Å². The second-order valence-electron chi connectivity index (χ2n) is 5.91. The Labute approximate surface area is 197 Å². The minimum atomic E-state index is -0.216. The van der Waals surface area contributed by atoms with Gasteiger partial charge in [-0.2, -0.15) is 0 Å². The van der Waals surface area contributed by atoms with Crippen LogP contribution in [0.4, 0.5) is 0 Å². The van der Waals surface area contributed by atoms with Gasteiger partial charge in [0.25, 0.3) is 5.56 Å². The molecule has 0 amide bonds. The fourth-order valence-corrected chi connectivity index (χ4v) is 4.76. The lowest BCUT2D eigenvalue weighted by atomic mass is 10.1. The molecule has 0 saturated carbocycles. The largest absolute Gasteiger partial charge is 0.273 e. The van der Waals surface area contributed by atoms with Gasteiger partial charge in [-0.1, -0.05) is 59.1 Å². The van der Waals surface area contributed by atoms with E-state index in [1.54, 1.807) is 36.4 Å². The van der Waals surface area contributed by atoms with Crippen molar-refractivity contribution in [2.24, 2.45) is 0 Å². The molecule has 3 nitrogen and oxygen atoms in total. The molecule has 140 valence electrons. The zero-order valence-electron chi connectivity index (χ0n) is 13.9. The van der Waals surface area contributed by atoms with Crippen molar-refractivity contribution < 1.29 is 0 Å².